The Bertz CT molecular complexity index is 1050. The van der Waals surface area contributed by atoms with Crippen LogP contribution in [0.15, 0.2) is 47.3 Å². The summed E-state index contributed by atoms with van der Waals surface area (Å²) < 4.78 is 43.5. The van der Waals surface area contributed by atoms with E-state index in [1.807, 2.05) is 0 Å². The zero-order valence-corrected chi connectivity index (χ0v) is 16.8. The first-order chi connectivity index (χ1) is 14.8. The summed E-state index contributed by atoms with van der Waals surface area (Å²) >= 11 is 6.03. The van der Waals surface area contributed by atoms with Crippen LogP contribution in [0, 0.1) is 5.92 Å². The smallest absolute Gasteiger partial charge is 0.417 e. The number of aromatic nitrogens is 3. The molecule has 11 heteroatoms. The summed E-state index contributed by atoms with van der Waals surface area (Å²) in [5.74, 6) is 0.350. The number of piperidine rings is 1. The van der Waals surface area contributed by atoms with Crippen LogP contribution >= 0.6 is 11.6 Å². The predicted molar refractivity (Wildman–Crippen MR) is 108 cm³/mol. The van der Waals surface area contributed by atoms with Crippen molar-refractivity contribution in [3.05, 3.63) is 53.5 Å². The molecule has 4 rings (SSSR count). The molecule has 1 aliphatic rings. The van der Waals surface area contributed by atoms with E-state index in [4.69, 9.17) is 16.0 Å². The Hall–Kier alpha value is -3.14. The van der Waals surface area contributed by atoms with Gasteiger partial charge in [-0.05, 0) is 43.2 Å². The van der Waals surface area contributed by atoms with Crippen LogP contribution in [-0.4, -0.2) is 34.2 Å². The van der Waals surface area contributed by atoms with Crippen LogP contribution in [0.4, 0.5) is 24.7 Å². The number of carbonyl (C=O) groups excluding carboxylic acids is 1. The summed E-state index contributed by atoms with van der Waals surface area (Å²) in [5.41, 5.74) is 0.494. The summed E-state index contributed by atoms with van der Waals surface area (Å²) in [5, 5.41) is 10.3. The van der Waals surface area contributed by atoms with Gasteiger partial charge in [0.2, 0.25) is 18.2 Å². The van der Waals surface area contributed by atoms with E-state index in [0.29, 0.717) is 43.3 Å². The van der Waals surface area contributed by atoms with Crippen molar-refractivity contribution >= 4 is 29.0 Å². The van der Waals surface area contributed by atoms with Crippen LogP contribution in [0.5, 0.6) is 0 Å². The number of halogens is 4. The summed E-state index contributed by atoms with van der Waals surface area (Å²) in [6, 6.07) is 7.91. The Morgan fingerprint density at radius 3 is 2.48 bits per heavy atom. The van der Waals surface area contributed by atoms with Gasteiger partial charge in [-0.3, -0.25) is 4.79 Å². The third-order valence-electron chi connectivity index (χ3n) is 5.07. The molecule has 1 aromatic carbocycles. The molecule has 3 heterocycles. The lowest BCUT2D eigenvalue weighted by Crippen LogP contribution is -2.38. The molecule has 2 aromatic heterocycles. The van der Waals surface area contributed by atoms with Gasteiger partial charge in [0, 0.05) is 36.5 Å². The van der Waals surface area contributed by atoms with Gasteiger partial charge in [-0.25, -0.2) is 4.98 Å². The number of nitrogens with zero attached hydrogens (tertiary/aromatic N) is 4. The highest BCUT2D eigenvalue weighted by atomic mass is 35.5. The SMILES string of the molecule is O=C(Nc1ccc(-c2nnco2)cc1)C1CCN(c2ncc(C(F)(F)F)cc2Cl)CC1. The molecule has 0 bridgehead atoms. The summed E-state index contributed by atoms with van der Waals surface area (Å²) in [6.07, 6.45) is -1.41. The minimum atomic E-state index is -4.50. The summed E-state index contributed by atoms with van der Waals surface area (Å²) in [6.45, 7) is 0.929. The van der Waals surface area contributed by atoms with E-state index in [-0.39, 0.29) is 16.8 Å². The lowest BCUT2D eigenvalue weighted by Gasteiger charge is -2.32. The monoisotopic (exact) mass is 451 g/mol. The highest BCUT2D eigenvalue weighted by Crippen LogP contribution is 2.34. The number of alkyl halides is 3. The molecule has 1 saturated heterocycles. The number of carbonyl (C=O) groups is 1. The molecule has 1 amide bonds. The molecule has 0 aliphatic carbocycles. The Labute approximate surface area is 180 Å². The Kier molecular flexibility index (Phi) is 5.81. The van der Waals surface area contributed by atoms with E-state index in [2.05, 4.69) is 20.5 Å². The van der Waals surface area contributed by atoms with Crippen molar-refractivity contribution < 1.29 is 22.4 Å². The normalized spacial score (nSPS) is 15.2. The van der Waals surface area contributed by atoms with E-state index in [1.54, 1.807) is 29.2 Å². The topological polar surface area (TPSA) is 84.2 Å². The molecule has 162 valence electrons. The lowest BCUT2D eigenvalue weighted by atomic mass is 9.95. The third kappa shape index (κ3) is 4.79. The van der Waals surface area contributed by atoms with E-state index in [0.717, 1.165) is 17.8 Å². The van der Waals surface area contributed by atoms with Gasteiger partial charge < -0.3 is 14.6 Å². The fraction of sp³-hybridized carbons (Fsp3) is 0.300. The number of pyridine rings is 1. The molecular weight excluding hydrogens is 435 g/mol. The highest BCUT2D eigenvalue weighted by Gasteiger charge is 2.33. The molecule has 0 atom stereocenters. The van der Waals surface area contributed by atoms with Crippen molar-refractivity contribution in [3.8, 4) is 11.5 Å². The van der Waals surface area contributed by atoms with Crippen molar-refractivity contribution in [1.29, 1.82) is 0 Å². The van der Waals surface area contributed by atoms with Gasteiger partial charge in [0.1, 0.15) is 5.82 Å². The largest absolute Gasteiger partial charge is 0.423 e. The zero-order chi connectivity index (χ0) is 22.0. The first-order valence-corrected chi connectivity index (χ1v) is 9.84. The number of benzene rings is 1. The molecule has 1 fully saturated rings. The van der Waals surface area contributed by atoms with Gasteiger partial charge in [-0.2, -0.15) is 13.2 Å². The predicted octanol–water partition coefficient (Wildman–Crippen LogP) is 4.66. The van der Waals surface area contributed by atoms with E-state index >= 15 is 0 Å². The molecule has 31 heavy (non-hydrogen) atoms. The molecule has 0 radical (unpaired) electrons. The molecule has 0 spiro atoms. The van der Waals surface area contributed by atoms with Crippen molar-refractivity contribution in [2.24, 2.45) is 5.92 Å². The molecule has 1 N–H and O–H groups in total. The number of hydrogen-bond acceptors (Lipinski definition) is 6. The van der Waals surface area contributed by atoms with E-state index < -0.39 is 11.7 Å². The van der Waals surface area contributed by atoms with Crippen molar-refractivity contribution in [3.63, 3.8) is 0 Å². The quantitative estimate of drug-likeness (QED) is 0.621. The number of anilines is 2. The van der Waals surface area contributed by atoms with E-state index in [1.165, 1.54) is 6.39 Å². The third-order valence-corrected chi connectivity index (χ3v) is 5.35. The maximum atomic E-state index is 12.8. The van der Waals surface area contributed by atoms with Gasteiger partial charge in [0.15, 0.2) is 0 Å². The first-order valence-electron chi connectivity index (χ1n) is 9.46. The lowest BCUT2D eigenvalue weighted by molar-refractivity contribution is -0.137. The number of amides is 1. The van der Waals surface area contributed by atoms with Crippen LogP contribution in [0.25, 0.3) is 11.5 Å². The van der Waals surface area contributed by atoms with Crippen LogP contribution in [0.1, 0.15) is 18.4 Å². The van der Waals surface area contributed by atoms with Gasteiger partial charge >= 0.3 is 6.18 Å². The summed E-state index contributed by atoms with van der Waals surface area (Å²) in [4.78, 5) is 18.3. The molecule has 3 aromatic rings. The second-order valence-corrected chi connectivity index (χ2v) is 7.51. The van der Waals surface area contributed by atoms with Crippen molar-refractivity contribution in [2.75, 3.05) is 23.3 Å². The maximum Gasteiger partial charge on any atom is 0.417 e. The average Bonchev–Trinajstić information content (AvgIpc) is 3.29. The standard InChI is InChI=1S/C20H17ClF3N5O2/c21-16-9-14(20(22,23)24)10-25-17(16)29-7-5-12(6-8-29)18(30)27-15-3-1-13(2-4-15)19-28-26-11-31-19/h1-4,9-12H,5-8H2,(H,27,30). The number of hydrogen-bond donors (Lipinski definition) is 1. The average molecular weight is 452 g/mol. The second kappa shape index (κ2) is 8.54. The van der Waals surface area contributed by atoms with Crippen LogP contribution in [-0.2, 0) is 11.0 Å². The molecule has 0 saturated carbocycles. The number of rotatable bonds is 4. The zero-order valence-electron chi connectivity index (χ0n) is 16.1. The van der Waals surface area contributed by atoms with Crippen LogP contribution in [0.2, 0.25) is 5.02 Å². The minimum Gasteiger partial charge on any atom is -0.423 e. The van der Waals surface area contributed by atoms with Crippen molar-refractivity contribution in [2.45, 2.75) is 19.0 Å². The van der Waals surface area contributed by atoms with Crippen LogP contribution < -0.4 is 10.2 Å². The number of nitrogens with one attached hydrogen (secondary N) is 1. The molecule has 1 aliphatic heterocycles. The first kappa shape index (κ1) is 21.1. The van der Waals surface area contributed by atoms with Gasteiger partial charge in [0.25, 0.3) is 0 Å². The van der Waals surface area contributed by atoms with Gasteiger partial charge in [-0.1, -0.05) is 11.6 Å². The van der Waals surface area contributed by atoms with Crippen LogP contribution in [0.3, 0.4) is 0 Å². The Balaban J connectivity index is 1.34. The molecule has 7 nitrogen and oxygen atoms in total. The summed E-state index contributed by atoms with van der Waals surface area (Å²) in [7, 11) is 0. The minimum absolute atomic E-state index is 0.0564. The fourth-order valence-electron chi connectivity index (χ4n) is 3.41. The van der Waals surface area contributed by atoms with Crippen molar-refractivity contribution in [1.82, 2.24) is 15.2 Å². The van der Waals surface area contributed by atoms with E-state index in [9.17, 15) is 18.0 Å². The van der Waals surface area contributed by atoms with Gasteiger partial charge in [0.05, 0.1) is 10.6 Å². The Morgan fingerprint density at radius 1 is 1.19 bits per heavy atom. The van der Waals surface area contributed by atoms with Gasteiger partial charge in [-0.15, -0.1) is 10.2 Å². The Morgan fingerprint density at radius 2 is 1.90 bits per heavy atom. The molecular formula is C20H17ClF3N5O2. The maximum absolute atomic E-state index is 12.8. The second-order valence-electron chi connectivity index (χ2n) is 7.10. The molecule has 0 unspecified atom stereocenters. The fourth-order valence-corrected chi connectivity index (χ4v) is 3.70. The highest BCUT2D eigenvalue weighted by molar-refractivity contribution is 6.33.